The maximum absolute atomic E-state index is 9.83. The molecule has 0 unspecified atom stereocenters. The first kappa shape index (κ1) is 14.1. The van der Waals surface area contributed by atoms with E-state index in [1.54, 1.807) is 0 Å². The molecule has 0 bridgehead atoms. The van der Waals surface area contributed by atoms with Crippen LogP contribution < -0.4 is 0 Å². The maximum atomic E-state index is 9.83. The van der Waals surface area contributed by atoms with E-state index in [4.69, 9.17) is 0 Å². The predicted molar refractivity (Wildman–Crippen MR) is 56.9 cm³/mol. The Hall–Kier alpha value is 0.0931. The molecule has 0 saturated carbocycles. The molecule has 1 nitrogen and oxygen atoms in total. The van der Waals surface area contributed by atoms with E-state index in [0.717, 1.165) is 24.0 Å². The van der Waals surface area contributed by atoms with E-state index in [2.05, 4.69) is 12.2 Å². The fraction of sp³-hybridized carbons (Fsp3) is 0.273. The number of halogens is 1. The van der Waals surface area contributed by atoms with Crippen LogP contribution in [0.15, 0.2) is 47.6 Å². The summed E-state index contributed by atoms with van der Waals surface area (Å²) >= 11 is 0. The molecule has 0 saturated heterocycles. The summed E-state index contributed by atoms with van der Waals surface area (Å²) < 4.78 is 0. The van der Waals surface area contributed by atoms with E-state index in [0.29, 0.717) is 0 Å². The van der Waals surface area contributed by atoms with Gasteiger partial charge >= 0.3 is 0 Å². The number of aliphatic hydroxyl groups is 1. The molecule has 74 valence electrons. The molecule has 14 heavy (non-hydrogen) atoms. The van der Waals surface area contributed by atoms with Crippen LogP contribution in [0.4, 0.5) is 0 Å². The molecule has 0 aromatic carbocycles. The van der Waals surface area contributed by atoms with Crippen LogP contribution >= 0.6 is 12.4 Å². The Morgan fingerprint density at radius 1 is 1.00 bits per heavy atom. The van der Waals surface area contributed by atoms with Crippen molar-refractivity contribution >= 4 is 12.4 Å². The molecule has 0 radical (unpaired) electrons. The summed E-state index contributed by atoms with van der Waals surface area (Å²) in [4.78, 5) is 0. The second kappa shape index (κ2) is 6.55. The van der Waals surface area contributed by atoms with Crippen LogP contribution in [0.25, 0.3) is 0 Å². The van der Waals surface area contributed by atoms with Crippen molar-refractivity contribution < 1.29 is 31.3 Å². The van der Waals surface area contributed by atoms with Crippen LogP contribution in [-0.2, 0) is 26.2 Å². The summed E-state index contributed by atoms with van der Waals surface area (Å²) in [5.74, 6) is 0. The van der Waals surface area contributed by atoms with Crippen molar-refractivity contribution in [2.45, 2.75) is 18.9 Å². The van der Waals surface area contributed by atoms with E-state index in [1.807, 2.05) is 24.3 Å². The van der Waals surface area contributed by atoms with E-state index < -0.39 is 0 Å². The zero-order valence-electron chi connectivity index (χ0n) is 7.81. The maximum Gasteiger partial charge on any atom is 0.0973 e. The zero-order chi connectivity index (χ0) is 8.39. The molecule has 0 aromatic heterocycles. The van der Waals surface area contributed by atoms with Crippen LogP contribution in [0.3, 0.4) is 0 Å². The van der Waals surface area contributed by atoms with Gasteiger partial charge in [0.1, 0.15) is 0 Å². The molecule has 0 aliphatic heterocycles. The summed E-state index contributed by atoms with van der Waals surface area (Å²) in [5.41, 5.74) is 2.23. The molecule has 0 fully saturated rings. The molecule has 2 aliphatic carbocycles. The van der Waals surface area contributed by atoms with Gasteiger partial charge in [0.2, 0.25) is 0 Å². The molecule has 0 atom stereocenters. The van der Waals surface area contributed by atoms with Gasteiger partial charge in [-0.25, -0.2) is 0 Å². The predicted octanol–water partition coefficient (Wildman–Crippen LogP) is 2.54. The van der Waals surface area contributed by atoms with Crippen molar-refractivity contribution in [3.05, 3.63) is 47.6 Å². The van der Waals surface area contributed by atoms with Gasteiger partial charge in [0.05, 0.1) is 6.10 Å². The first-order chi connectivity index (χ1) is 5.88. The van der Waals surface area contributed by atoms with Gasteiger partial charge in [-0.15, -0.1) is 12.4 Å². The standard InChI is InChI=1S/C11H12O.ClH.Zr/c12-11(9-5-1-2-6-9)10-7-3-4-8-10;;/h1-5,7,11-12H,6,8H2;1H;. The Labute approximate surface area is 110 Å². The Morgan fingerprint density at radius 3 is 1.71 bits per heavy atom. The van der Waals surface area contributed by atoms with Crippen molar-refractivity contribution in [3.63, 3.8) is 0 Å². The van der Waals surface area contributed by atoms with Gasteiger partial charge in [0, 0.05) is 26.2 Å². The molecule has 3 heteroatoms. The van der Waals surface area contributed by atoms with Crippen molar-refractivity contribution in [1.29, 1.82) is 0 Å². The number of hydrogen-bond donors (Lipinski definition) is 1. The van der Waals surface area contributed by atoms with Gasteiger partial charge in [-0.05, 0) is 24.0 Å². The van der Waals surface area contributed by atoms with E-state index >= 15 is 0 Å². The molecule has 2 aliphatic rings. The Bertz CT molecular complexity index is 272. The van der Waals surface area contributed by atoms with Gasteiger partial charge in [-0.3, -0.25) is 0 Å². The van der Waals surface area contributed by atoms with Crippen LogP contribution in [0.5, 0.6) is 0 Å². The fourth-order valence-electron chi connectivity index (χ4n) is 1.57. The van der Waals surface area contributed by atoms with Crippen molar-refractivity contribution in [1.82, 2.24) is 0 Å². The molecular weight excluding hydrogens is 275 g/mol. The summed E-state index contributed by atoms with van der Waals surface area (Å²) in [6.07, 6.45) is 13.6. The molecule has 0 aromatic rings. The average Bonchev–Trinajstić information content (AvgIpc) is 2.77. The molecule has 0 spiro atoms. The average molecular weight is 288 g/mol. The second-order valence-electron chi connectivity index (χ2n) is 3.15. The van der Waals surface area contributed by atoms with Crippen LogP contribution in [0, 0.1) is 0 Å². The second-order valence-corrected chi connectivity index (χ2v) is 3.15. The third kappa shape index (κ3) is 3.05. The third-order valence-electron chi connectivity index (χ3n) is 2.30. The monoisotopic (exact) mass is 286 g/mol. The zero-order valence-corrected chi connectivity index (χ0v) is 11.1. The van der Waals surface area contributed by atoms with Gasteiger partial charge < -0.3 is 5.11 Å². The quantitative estimate of drug-likeness (QED) is 0.828. The van der Waals surface area contributed by atoms with Crippen LogP contribution in [0.2, 0.25) is 0 Å². The molecule has 1 N–H and O–H groups in total. The molecule has 0 amide bonds. The largest absolute Gasteiger partial charge is 0.384 e. The molecule has 0 heterocycles. The minimum absolute atomic E-state index is 0. The Balaban J connectivity index is 0.000000845. The minimum atomic E-state index is -0.352. The van der Waals surface area contributed by atoms with E-state index in [1.165, 1.54) is 0 Å². The third-order valence-corrected chi connectivity index (χ3v) is 2.30. The fourth-order valence-corrected chi connectivity index (χ4v) is 1.57. The van der Waals surface area contributed by atoms with Gasteiger partial charge in [-0.1, -0.05) is 36.5 Å². The van der Waals surface area contributed by atoms with Crippen LogP contribution in [0.1, 0.15) is 12.8 Å². The van der Waals surface area contributed by atoms with Gasteiger partial charge in [-0.2, -0.15) is 0 Å². The summed E-state index contributed by atoms with van der Waals surface area (Å²) in [6, 6.07) is 0. The number of rotatable bonds is 2. The SMILES string of the molecule is Cl.OC(C1=CC=CC1)C1=CC=CC1.[Zr]. The van der Waals surface area contributed by atoms with Crippen molar-refractivity contribution in [2.24, 2.45) is 0 Å². The first-order valence-corrected chi connectivity index (χ1v) is 4.27. The van der Waals surface area contributed by atoms with Crippen molar-refractivity contribution in [2.75, 3.05) is 0 Å². The molecule has 2 rings (SSSR count). The van der Waals surface area contributed by atoms with Crippen molar-refractivity contribution in [3.8, 4) is 0 Å². The normalized spacial score (nSPS) is 17.6. The Kier molecular flexibility index (Phi) is 6.60. The van der Waals surface area contributed by atoms with Gasteiger partial charge in [0.25, 0.3) is 0 Å². The topological polar surface area (TPSA) is 20.2 Å². The smallest absolute Gasteiger partial charge is 0.0973 e. The number of hydrogen-bond acceptors (Lipinski definition) is 1. The van der Waals surface area contributed by atoms with E-state index in [9.17, 15) is 5.11 Å². The number of aliphatic hydroxyl groups excluding tert-OH is 1. The summed E-state index contributed by atoms with van der Waals surface area (Å²) in [7, 11) is 0. The first-order valence-electron chi connectivity index (χ1n) is 4.27. The summed E-state index contributed by atoms with van der Waals surface area (Å²) in [5, 5.41) is 9.83. The summed E-state index contributed by atoms with van der Waals surface area (Å²) in [6.45, 7) is 0. The molecular formula is C11H13ClOZr. The number of allylic oxidation sites excluding steroid dienone is 6. The minimum Gasteiger partial charge on any atom is -0.384 e. The van der Waals surface area contributed by atoms with E-state index in [-0.39, 0.29) is 44.7 Å². The van der Waals surface area contributed by atoms with Crippen LogP contribution in [-0.4, -0.2) is 11.2 Å². The Morgan fingerprint density at radius 2 is 1.43 bits per heavy atom. The van der Waals surface area contributed by atoms with Gasteiger partial charge in [0.15, 0.2) is 0 Å².